The number of rotatable bonds is 1. The summed E-state index contributed by atoms with van der Waals surface area (Å²) in [6.07, 6.45) is 0. The van der Waals surface area contributed by atoms with Gasteiger partial charge in [-0.3, -0.25) is 13.7 Å². The molecule has 0 fully saturated rings. The summed E-state index contributed by atoms with van der Waals surface area (Å²) < 4.78 is 32.7. The molecule has 106 valence electrons. The van der Waals surface area contributed by atoms with E-state index >= 15 is 0 Å². The predicted octanol–water partition coefficient (Wildman–Crippen LogP) is 1.21. The fourth-order valence-electron chi connectivity index (χ4n) is 2.33. The molecule has 0 aliphatic carbocycles. The minimum absolute atomic E-state index is 0.287. The average molecular weight is 303 g/mol. The number of H-pyrrole nitrogens is 1. The lowest BCUT2D eigenvalue weighted by Gasteiger charge is -2.00. The number of nitriles is 1. The molecule has 0 bridgehead atoms. The minimum atomic E-state index is -4.34. The van der Waals surface area contributed by atoms with Gasteiger partial charge in [-0.15, -0.1) is 0 Å². The quantitative estimate of drug-likeness (QED) is 0.655. The number of hydrogen-bond donors (Lipinski definition) is 2. The maximum atomic E-state index is 12.1. The van der Waals surface area contributed by atoms with Crippen molar-refractivity contribution in [1.29, 1.82) is 5.26 Å². The summed E-state index contributed by atoms with van der Waals surface area (Å²) in [7, 11) is -4.34. The van der Waals surface area contributed by atoms with Gasteiger partial charge in [-0.2, -0.15) is 13.7 Å². The van der Waals surface area contributed by atoms with Gasteiger partial charge in [0.25, 0.3) is 15.7 Å². The number of nitrogens with zero attached hydrogens (tertiary/aromatic N) is 2. The van der Waals surface area contributed by atoms with Gasteiger partial charge in [0.15, 0.2) is 0 Å². The highest BCUT2D eigenvalue weighted by atomic mass is 32.2. The molecular formula is C13H9N3O4S. The molecule has 21 heavy (non-hydrogen) atoms. The third kappa shape index (κ3) is 1.91. The first-order valence-corrected chi connectivity index (χ1v) is 7.32. The van der Waals surface area contributed by atoms with Crippen LogP contribution in [-0.4, -0.2) is 22.4 Å². The first-order valence-electron chi connectivity index (χ1n) is 5.88. The first kappa shape index (κ1) is 13.4. The first-order chi connectivity index (χ1) is 9.82. The van der Waals surface area contributed by atoms with Gasteiger partial charge in [0, 0.05) is 6.07 Å². The Hall–Kier alpha value is -2.63. The van der Waals surface area contributed by atoms with Crippen molar-refractivity contribution >= 4 is 26.8 Å². The Morgan fingerprint density at radius 1 is 1.33 bits per heavy atom. The van der Waals surface area contributed by atoms with Gasteiger partial charge in [-0.1, -0.05) is 0 Å². The zero-order chi connectivity index (χ0) is 15.4. The predicted molar refractivity (Wildman–Crippen MR) is 74.8 cm³/mol. The second-order valence-electron chi connectivity index (χ2n) is 4.62. The molecule has 2 aromatic heterocycles. The van der Waals surface area contributed by atoms with E-state index in [2.05, 4.69) is 4.98 Å². The number of nitrogens with one attached hydrogen (secondary N) is 1. The highest BCUT2D eigenvalue weighted by Crippen LogP contribution is 2.22. The van der Waals surface area contributed by atoms with Crippen molar-refractivity contribution in [3.8, 4) is 6.07 Å². The van der Waals surface area contributed by atoms with Crippen LogP contribution in [0.15, 0.2) is 34.0 Å². The van der Waals surface area contributed by atoms with Crippen LogP contribution >= 0.6 is 0 Å². The summed E-state index contributed by atoms with van der Waals surface area (Å²) in [5.74, 6) is 0. The van der Waals surface area contributed by atoms with Crippen LogP contribution in [0.3, 0.4) is 0 Å². The lowest BCUT2D eigenvalue weighted by molar-refractivity contribution is 0.483. The smallest absolute Gasteiger partial charge is 0.294 e. The van der Waals surface area contributed by atoms with E-state index in [4.69, 9.17) is 4.55 Å². The molecule has 3 rings (SSSR count). The Balaban J connectivity index is 2.55. The van der Waals surface area contributed by atoms with Gasteiger partial charge in [0.2, 0.25) is 0 Å². The zero-order valence-electron chi connectivity index (χ0n) is 10.8. The minimum Gasteiger partial charge on any atom is -0.338 e. The highest BCUT2D eigenvalue weighted by Gasteiger charge is 2.15. The molecule has 0 atom stereocenters. The van der Waals surface area contributed by atoms with Crippen LogP contribution in [-0.2, 0) is 10.1 Å². The lowest BCUT2D eigenvalue weighted by atomic mass is 10.2. The summed E-state index contributed by atoms with van der Waals surface area (Å²) in [6, 6.07) is 7.17. The lowest BCUT2D eigenvalue weighted by Crippen LogP contribution is -2.13. The number of aromatic amines is 1. The molecule has 0 aliphatic heterocycles. The monoisotopic (exact) mass is 303 g/mol. The van der Waals surface area contributed by atoms with Gasteiger partial charge < -0.3 is 4.98 Å². The van der Waals surface area contributed by atoms with E-state index in [9.17, 15) is 18.5 Å². The van der Waals surface area contributed by atoms with Crippen LogP contribution < -0.4 is 5.56 Å². The maximum absolute atomic E-state index is 12.1. The van der Waals surface area contributed by atoms with Crippen LogP contribution in [0.4, 0.5) is 0 Å². The summed E-state index contributed by atoms with van der Waals surface area (Å²) in [5, 5.41) is 9.20. The number of fused-ring (bicyclic) bond motifs is 3. The third-order valence-electron chi connectivity index (χ3n) is 3.29. The third-order valence-corrected chi connectivity index (χ3v) is 4.14. The second kappa shape index (κ2) is 4.18. The van der Waals surface area contributed by atoms with Crippen molar-refractivity contribution in [2.45, 2.75) is 11.8 Å². The van der Waals surface area contributed by atoms with Crippen molar-refractivity contribution in [3.63, 3.8) is 0 Å². The van der Waals surface area contributed by atoms with Gasteiger partial charge >= 0.3 is 0 Å². The summed E-state index contributed by atoms with van der Waals surface area (Å²) in [4.78, 5) is 14.7. The van der Waals surface area contributed by atoms with Crippen molar-refractivity contribution < 1.29 is 13.0 Å². The number of aromatic nitrogens is 2. The van der Waals surface area contributed by atoms with Crippen LogP contribution in [0, 0.1) is 18.3 Å². The molecule has 1 aromatic carbocycles. The number of imidazole rings is 1. The molecular weight excluding hydrogens is 294 g/mol. The van der Waals surface area contributed by atoms with Gasteiger partial charge in [0.1, 0.15) is 11.7 Å². The number of aryl methyl sites for hydroxylation is 1. The summed E-state index contributed by atoms with van der Waals surface area (Å²) in [5.41, 5.74) is 1.57. The van der Waals surface area contributed by atoms with Crippen LogP contribution in [0.5, 0.6) is 0 Å². The molecule has 0 saturated heterocycles. The van der Waals surface area contributed by atoms with Crippen molar-refractivity contribution in [3.05, 3.63) is 45.7 Å². The molecule has 8 heteroatoms. The fraction of sp³-hybridized carbons (Fsp3) is 0.0769. The SMILES string of the molecule is Cc1cc(=O)n2c([nH]c3cc(S(=O)(=O)O)ccc32)c1C#N. The average Bonchev–Trinajstić information content (AvgIpc) is 2.76. The largest absolute Gasteiger partial charge is 0.338 e. The van der Waals surface area contributed by atoms with Crippen LogP contribution in [0.1, 0.15) is 11.1 Å². The maximum Gasteiger partial charge on any atom is 0.294 e. The molecule has 0 radical (unpaired) electrons. The Kier molecular flexibility index (Phi) is 2.66. The molecule has 0 aliphatic rings. The van der Waals surface area contributed by atoms with Crippen molar-refractivity contribution in [2.75, 3.05) is 0 Å². The number of pyridine rings is 1. The van der Waals surface area contributed by atoms with Crippen LogP contribution in [0.2, 0.25) is 0 Å². The molecule has 0 saturated carbocycles. The Morgan fingerprint density at radius 2 is 2.05 bits per heavy atom. The van der Waals surface area contributed by atoms with E-state index in [1.807, 2.05) is 6.07 Å². The van der Waals surface area contributed by atoms with E-state index in [-0.39, 0.29) is 10.5 Å². The standard InChI is InChI=1S/C13H9N3O4S/c1-7-4-12(17)16-11-3-2-8(21(18,19)20)5-10(11)15-13(16)9(7)6-14/h2-5,15H,1H3,(H,18,19,20). The molecule has 2 heterocycles. The van der Waals surface area contributed by atoms with Gasteiger partial charge in [0.05, 0.1) is 21.5 Å². The van der Waals surface area contributed by atoms with Crippen molar-refractivity contribution in [1.82, 2.24) is 9.38 Å². The van der Waals surface area contributed by atoms with Crippen LogP contribution in [0.25, 0.3) is 16.7 Å². The molecule has 0 amide bonds. The Morgan fingerprint density at radius 3 is 2.67 bits per heavy atom. The molecule has 0 spiro atoms. The summed E-state index contributed by atoms with van der Waals surface area (Å²) >= 11 is 0. The molecule has 0 unspecified atom stereocenters. The number of benzene rings is 1. The topological polar surface area (TPSA) is 115 Å². The normalized spacial score (nSPS) is 11.9. The van der Waals surface area contributed by atoms with E-state index in [0.717, 1.165) is 0 Å². The van der Waals surface area contributed by atoms with Crippen molar-refractivity contribution in [2.24, 2.45) is 0 Å². The van der Waals surface area contributed by atoms with E-state index < -0.39 is 10.1 Å². The summed E-state index contributed by atoms with van der Waals surface area (Å²) in [6.45, 7) is 1.65. The van der Waals surface area contributed by atoms with E-state index in [0.29, 0.717) is 27.8 Å². The van der Waals surface area contributed by atoms with Gasteiger partial charge in [-0.05, 0) is 30.7 Å². The molecule has 7 nitrogen and oxygen atoms in total. The van der Waals surface area contributed by atoms with Gasteiger partial charge in [-0.25, -0.2) is 0 Å². The second-order valence-corrected chi connectivity index (χ2v) is 6.04. The van der Waals surface area contributed by atoms with E-state index in [1.54, 1.807) is 6.92 Å². The Bertz CT molecular complexity index is 1100. The molecule has 3 aromatic rings. The molecule has 2 N–H and O–H groups in total. The Labute approximate surface area is 118 Å². The fourth-order valence-corrected chi connectivity index (χ4v) is 2.83. The number of hydrogen-bond acceptors (Lipinski definition) is 4. The zero-order valence-corrected chi connectivity index (χ0v) is 11.6. The highest BCUT2D eigenvalue weighted by molar-refractivity contribution is 7.85. The van der Waals surface area contributed by atoms with E-state index in [1.165, 1.54) is 28.7 Å².